The standard InChI is InChI=1S/C17H19N3O/c1-20(2)16-10-6-9-15(13-16)19-17(21)18-12-11-14-7-4-3-5-8-14/h3-13H,1-2H3,(H2,18,19,21)/b12-11+. The number of benzene rings is 2. The first-order valence-electron chi connectivity index (χ1n) is 6.71. The van der Waals surface area contributed by atoms with Crippen LogP contribution in [0.25, 0.3) is 6.08 Å². The van der Waals surface area contributed by atoms with Crippen molar-refractivity contribution in [3.63, 3.8) is 0 Å². The van der Waals surface area contributed by atoms with E-state index in [1.807, 2.05) is 79.7 Å². The summed E-state index contributed by atoms with van der Waals surface area (Å²) < 4.78 is 0. The monoisotopic (exact) mass is 281 g/mol. The molecule has 4 heteroatoms. The largest absolute Gasteiger partial charge is 0.378 e. The number of hydrogen-bond acceptors (Lipinski definition) is 2. The fourth-order valence-corrected chi connectivity index (χ4v) is 1.81. The molecule has 0 aliphatic rings. The third-order valence-corrected chi connectivity index (χ3v) is 2.91. The highest BCUT2D eigenvalue weighted by molar-refractivity contribution is 5.90. The predicted octanol–water partition coefficient (Wildman–Crippen LogP) is 3.55. The van der Waals surface area contributed by atoms with Gasteiger partial charge in [0.1, 0.15) is 0 Å². The number of anilines is 2. The number of amides is 2. The zero-order chi connectivity index (χ0) is 15.1. The first-order valence-corrected chi connectivity index (χ1v) is 6.71. The lowest BCUT2D eigenvalue weighted by molar-refractivity contribution is 0.255. The van der Waals surface area contributed by atoms with Crippen molar-refractivity contribution in [2.45, 2.75) is 0 Å². The topological polar surface area (TPSA) is 44.4 Å². The molecule has 0 aromatic heterocycles. The molecule has 4 nitrogen and oxygen atoms in total. The number of nitrogens with zero attached hydrogens (tertiary/aromatic N) is 1. The maximum atomic E-state index is 11.8. The summed E-state index contributed by atoms with van der Waals surface area (Å²) in [6.07, 6.45) is 3.47. The fraction of sp³-hybridized carbons (Fsp3) is 0.118. The van der Waals surface area contributed by atoms with Gasteiger partial charge in [0, 0.05) is 31.7 Å². The Morgan fingerprint density at radius 3 is 2.52 bits per heavy atom. The Hall–Kier alpha value is -2.75. The predicted molar refractivity (Wildman–Crippen MR) is 88.4 cm³/mol. The molecule has 2 amide bonds. The van der Waals surface area contributed by atoms with Gasteiger partial charge in [0.25, 0.3) is 0 Å². The van der Waals surface area contributed by atoms with E-state index >= 15 is 0 Å². The molecule has 0 saturated carbocycles. The highest BCUT2D eigenvalue weighted by atomic mass is 16.2. The van der Waals surface area contributed by atoms with Crippen molar-refractivity contribution in [3.05, 3.63) is 66.4 Å². The van der Waals surface area contributed by atoms with Gasteiger partial charge in [-0.3, -0.25) is 0 Å². The first-order chi connectivity index (χ1) is 10.1. The van der Waals surface area contributed by atoms with E-state index in [0.717, 1.165) is 16.9 Å². The van der Waals surface area contributed by atoms with Gasteiger partial charge in [-0.05, 0) is 29.8 Å². The lowest BCUT2D eigenvalue weighted by Gasteiger charge is -2.13. The maximum Gasteiger partial charge on any atom is 0.323 e. The van der Waals surface area contributed by atoms with Gasteiger partial charge in [-0.25, -0.2) is 4.79 Å². The molecule has 2 aromatic rings. The van der Waals surface area contributed by atoms with Crippen LogP contribution in [0.4, 0.5) is 16.2 Å². The zero-order valence-corrected chi connectivity index (χ0v) is 12.2. The van der Waals surface area contributed by atoms with Crippen LogP contribution in [0.15, 0.2) is 60.8 Å². The van der Waals surface area contributed by atoms with E-state index in [4.69, 9.17) is 0 Å². The lowest BCUT2D eigenvalue weighted by Crippen LogP contribution is -2.23. The summed E-state index contributed by atoms with van der Waals surface area (Å²) in [6, 6.07) is 17.2. The van der Waals surface area contributed by atoms with Crippen molar-refractivity contribution in [2.24, 2.45) is 0 Å². The number of rotatable bonds is 4. The second-order valence-electron chi connectivity index (χ2n) is 4.79. The Bertz CT molecular complexity index is 621. The van der Waals surface area contributed by atoms with Gasteiger partial charge >= 0.3 is 6.03 Å². The number of hydrogen-bond donors (Lipinski definition) is 2. The molecule has 2 aromatic carbocycles. The lowest BCUT2D eigenvalue weighted by atomic mass is 10.2. The summed E-state index contributed by atoms with van der Waals surface area (Å²) in [5.41, 5.74) is 2.83. The normalized spacial score (nSPS) is 10.4. The summed E-state index contributed by atoms with van der Waals surface area (Å²) in [7, 11) is 3.92. The third kappa shape index (κ3) is 4.69. The number of carbonyl (C=O) groups is 1. The number of nitrogens with one attached hydrogen (secondary N) is 2. The van der Waals surface area contributed by atoms with Crippen molar-refractivity contribution < 1.29 is 4.79 Å². The van der Waals surface area contributed by atoms with Crippen LogP contribution >= 0.6 is 0 Å². The molecular formula is C17H19N3O. The molecule has 0 saturated heterocycles. The van der Waals surface area contributed by atoms with Gasteiger partial charge in [0.2, 0.25) is 0 Å². The van der Waals surface area contributed by atoms with E-state index < -0.39 is 0 Å². The molecule has 0 aliphatic heterocycles. The maximum absolute atomic E-state index is 11.8. The Kier molecular flexibility index (Phi) is 4.99. The molecule has 21 heavy (non-hydrogen) atoms. The second-order valence-corrected chi connectivity index (χ2v) is 4.79. The molecule has 108 valence electrons. The van der Waals surface area contributed by atoms with Crippen LogP contribution in [-0.4, -0.2) is 20.1 Å². The summed E-state index contributed by atoms with van der Waals surface area (Å²) in [4.78, 5) is 13.8. The quantitative estimate of drug-likeness (QED) is 0.900. The number of urea groups is 1. The van der Waals surface area contributed by atoms with Crippen molar-refractivity contribution in [3.8, 4) is 0 Å². The molecule has 0 spiro atoms. The van der Waals surface area contributed by atoms with Gasteiger partial charge in [-0.15, -0.1) is 0 Å². The third-order valence-electron chi connectivity index (χ3n) is 2.91. The van der Waals surface area contributed by atoms with E-state index in [-0.39, 0.29) is 6.03 Å². The van der Waals surface area contributed by atoms with Crippen LogP contribution in [0.1, 0.15) is 5.56 Å². The van der Waals surface area contributed by atoms with Crippen molar-refractivity contribution in [2.75, 3.05) is 24.3 Å². The minimum atomic E-state index is -0.266. The number of carbonyl (C=O) groups excluding carboxylic acids is 1. The molecule has 2 N–H and O–H groups in total. The SMILES string of the molecule is CN(C)c1cccc(NC(=O)N/C=C/c2ccccc2)c1. The van der Waals surface area contributed by atoms with E-state index in [0.29, 0.717) is 0 Å². The summed E-state index contributed by atoms with van der Waals surface area (Å²) in [6.45, 7) is 0. The smallest absolute Gasteiger partial charge is 0.323 e. The molecule has 0 fully saturated rings. The molecule has 2 rings (SSSR count). The molecule has 0 atom stereocenters. The van der Waals surface area contributed by atoms with Gasteiger partial charge in [-0.1, -0.05) is 36.4 Å². The molecular weight excluding hydrogens is 262 g/mol. The zero-order valence-electron chi connectivity index (χ0n) is 12.2. The first kappa shape index (κ1) is 14.7. The minimum Gasteiger partial charge on any atom is -0.378 e. The molecule has 0 bridgehead atoms. The molecule has 0 aliphatic carbocycles. The van der Waals surface area contributed by atoms with Gasteiger partial charge < -0.3 is 15.5 Å². The Morgan fingerprint density at radius 1 is 1.05 bits per heavy atom. The van der Waals surface area contributed by atoms with Crippen LogP contribution in [-0.2, 0) is 0 Å². The van der Waals surface area contributed by atoms with E-state index in [2.05, 4.69) is 10.6 Å². The van der Waals surface area contributed by atoms with E-state index in [1.165, 1.54) is 0 Å². The average molecular weight is 281 g/mol. The highest BCUT2D eigenvalue weighted by Crippen LogP contribution is 2.16. The highest BCUT2D eigenvalue weighted by Gasteiger charge is 2.01. The molecule has 0 heterocycles. The van der Waals surface area contributed by atoms with Crippen LogP contribution in [0.2, 0.25) is 0 Å². The van der Waals surface area contributed by atoms with Crippen LogP contribution < -0.4 is 15.5 Å². The van der Waals surface area contributed by atoms with Gasteiger partial charge in [0.15, 0.2) is 0 Å². The van der Waals surface area contributed by atoms with E-state index in [1.54, 1.807) is 6.20 Å². The molecule has 0 radical (unpaired) electrons. The Labute approximate surface area is 125 Å². The summed E-state index contributed by atoms with van der Waals surface area (Å²) in [5.74, 6) is 0. The van der Waals surface area contributed by atoms with Crippen molar-refractivity contribution in [1.29, 1.82) is 0 Å². The minimum absolute atomic E-state index is 0.266. The van der Waals surface area contributed by atoms with Crippen LogP contribution in [0.5, 0.6) is 0 Å². The second kappa shape index (κ2) is 7.14. The molecule has 0 unspecified atom stereocenters. The summed E-state index contributed by atoms with van der Waals surface area (Å²) in [5, 5.41) is 5.48. The Morgan fingerprint density at radius 2 is 1.81 bits per heavy atom. The van der Waals surface area contributed by atoms with E-state index in [9.17, 15) is 4.79 Å². The Balaban J connectivity index is 1.90. The van der Waals surface area contributed by atoms with Crippen molar-refractivity contribution >= 4 is 23.5 Å². The average Bonchev–Trinajstić information content (AvgIpc) is 2.48. The van der Waals surface area contributed by atoms with Crippen LogP contribution in [0, 0.1) is 0 Å². The van der Waals surface area contributed by atoms with Gasteiger partial charge in [-0.2, -0.15) is 0 Å². The fourth-order valence-electron chi connectivity index (χ4n) is 1.81. The summed E-state index contributed by atoms with van der Waals surface area (Å²) >= 11 is 0. The van der Waals surface area contributed by atoms with Crippen LogP contribution in [0.3, 0.4) is 0 Å². The van der Waals surface area contributed by atoms with Crippen molar-refractivity contribution in [1.82, 2.24) is 5.32 Å². The van der Waals surface area contributed by atoms with Gasteiger partial charge in [0.05, 0.1) is 0 Å².